The first-order valence-electron chi connectivity index (χ1n) is 11.8. The zero-order chi connectivity index (χ0) is 22.4. The van der Waals surface area contributed by atoms with Crippen LogP contribution in [0, 0.1) is 28.6 Å². The molecule has 6 heteroatoms. The maximum Gasteiger partial charge on any atom is 0.303 e. The summed E-state index contributed by atoms with van der Waals surface area (Å²) in [6.07, 6.45) is 9.78. The van der Waals surface area contributed by atoms with Crippen molar-refractivity contribution in [2.45, 2.75) is 91.3 Å². The van der Waals surface area contributed by atoms with Gasteiger partial charge >= 0.3 is 17.9 Å². The molecular formula is C25H36O6. The highest BCUT2D eigenvalue weighted by molar-refractivity contribution is 5.67. The molecular weight excluding hydrogens is 396 g/mol. The first-order valence-corrected chi connectivity index (χ1v) is 11.8. The fourth-order valence-corrected chi connectivity index (χ4v) is 7.64. The average molecular weight is 433 g/mol. The van der Waals surface area contributed by atoms with Crippen LogP contribution < -0.4 is 0 Å². The van der Waals surface area contributed by atoms with Gasteiger partial charge in [-0.2, -0.15) is 0 Å². The first kappa shape index (κ1) is 22.3. The molecule has 4 aliphatic carbocycles. The number of hydrogen-bond donors (Lipinski definition) is 0. The molecule has 6 nitrogen and oxygen atoms in total. The number of esters is 3. The zero-order valence-electron chi connectivity index (χ0n) is 19.3. The molecule has 0 saturated heterocycles. The molecule has 0 amide bonds. The largest absolute Gasteiger partial charge is 0.465 e. The van der Waals surface area contributed by atoms with Crippen LogP contribution in [0.2, 0.25) is 0 Å². The number of hydrogen-bond acceptors (Lipinski definition) is 6. The standard InChI is InChI=1S/C25H36O6/c1-15(26)29-14-25-12-9-19(30-16(2)27)13-18(25)5-6-20-21-7-8-23(31-17(3)28)24(21,4)11-10-22(20)25/h13,19-23H,5-12,14H2,1-4H3/t19-,20-,21-,22-,23-,24-,25+/m0/s1. The molecule has 0 aliphatic heterocycles. The number of ether oxygens (including phenoxy) is 3. The summed E-state index contributed by atoms with van der Waals surface area (Å²) in [5.74, 6) is 0.834. The molecule has 0 aromatic carbocycles. The molecule has 3 fully saturated rings. The summed E-state index contributed by atoms with van der Waals surface area (Å²) in [6.45, 7) is 7.17. The van der Waals surface area contributed by atoms with E-state index in [1.807, 2.05) is 0 Å². The van der Waals surface area contributed by atoms with E-state index in [1.54, 1.807) is 0 Å². The molecule has 7 atom stereocenters. The summed E-state index contributed by atoms with van der Waals surface area (Å²) in [5.41, 5.74) is 1.18. The van der Waals surface area contributed by atoms with Crippen molar-refractivity contribution in [3.63, 3.8) is 0 Å². The third-order valence-electron chi connectivity index (χ3n) is 8.87. The van der Waals surface area contributed by atoms with Gasteiger partial charge in [-0.25, -0.2) is 0 Å². The van der Waals surface area contributed by atoms with E-state index in [1.165, 1.54) is 26.3 Å². The third-order valence-corrected chi connectivity index (χ3v) is 8.87. The molecule has 0 heterocycles. The number of carbonyl (C=O) groups excluding carboxylic acids is 3. The van der Waals surface area contributed by atoms with Crippen LogP contribution >= 0.6 is 0 Å². The minimum atomic E-state index is -0.251. The van der Waals surface area contributed by atoms with E-state index in [0.29, 0.717) is 24.4 Å². The summed E-state index contributed by atoms with van der Waals surface area (Å²) in [6, 6.07) is 0. The van der Waals surface area contributed by atoms with E-state index in [0.717, 1.165) is 51.4 Å². The van der Waals surface area contributed by atoms with Crippen molar-refractivity contribution in [2.24, 2.45) is 28.6 Å². The van der Waals surface area contributed by atoms with Gasteiger partial charge in [0.05, 0.1) is 0 Å². The maximum absolute atomic E-state index is 11.7. The highest BCUT2D eigenvalue weighted by atomic mass is 16.5. The van der Waals surface area contributed by atoms with E-state index >= 15 is 0 Å². The van der Waals surface area contributed by atoms with Gasteiger partial charge in [0.15, 0.2) is 0 Å². The summed E-state index contributed by atoms with van der Waals surface area (Å²) < 4.78 is 16.9. The summed E-state index contributed by atoms with van der Waals surface area (Å²) in [4.78, 5) is 34.9. The Labute approximate surface area is 185 Å². The Kier molecular flexibility index (Phi) is 5.95. The van der Waals surface area contributed by atoms with Crippen molar-refractivity contribution >= 4 is 17.9 Å². The van der Waals surface area contributed by atoms with Gasteiger partial charge in [0.2, 0.25) is 0 Å². The summed E-state index contributed by atoms with van der Waals surface area (Å²) >= 11 is 0. The Hall–Kier alpha value is -1.85. The Morgan fingerprint density at radius 1 is 0.903 bits per heavy atom. The van der Waals surface area contributed by atoms with Crippen LogP contribution in [0.25, 0.3) is 0 Å². The zero-order valence-corrected chi connectivity index (χ0v) is 19.3. The van der Waals surface area contributed by atoms with Crippen molar-refractivity contribution in [3.05, 3.63) is 11.6 Å². The van der Waals surface area contributed by atoms with Gasteiger partial charge in [-0.1, -0.05) is 12.5 Å². The molecule has 0 N–H and O–H groups in total. The Bertz CT molecular complexity index is 787. The Morgan fingerprint density at radius 3 is 2.32 bits per heavy atom. The monoisotopic (exact) mass is 432 g/mol. The van der Waals surface area contributed by atoms with Gasteiger partial charge < -0.3 is 14.2 Å². The summed E-state index contributed by atoms with van der Waals surface area (Å²) in [7, 11) is 0. The molecule has 172 valence electrons. The lowest BCUT2D eigenvalue weighted by atomic mass is 9.47. The minimum absolute atomic E-state index is 0.0111. The van der Waals surface area contributed by atoms with E-state index in [-0.39, 0.29) is 40.9 Å². The van der Waals surface area contributed by atoms with E-state index in [4.69, 9.17) is 14.2 Å². The molecule has 3 saturated carbocycles. The van der Waals surface area contributed by atoms with Gasteiger partial charge in [0.1, 0.15) is 18.8 Å². The lowest BCUT2D eigenvalue weighted by Gasteiger charge is -2.58. The van der Waals surface area contributed by atoms with Crippen LogP contribution in [0.5, 0.6) is 0 Å². The fourth-order valence-electron chi connectivity index (χ4n) is 7.64. The van der Waals surface area contributed by atoms with Crippen molar-refractivity contribution in [3.8, 4) is 0 Å². The highest BCUT2D eigenvalue weighted by Gasteiger charge is 2.61. The van der Waals surface area contributed by atoms with Gasteiger partial charge in [0.25, 0.3) is 0 Å². The molecule has 0 spiro atoms. The highest BCUT2D eigenvalue weighted by Crippen LogP contribution is 2.66. The van der Waals surface area contributed by atoms with Gasteiger partial charge in [0, 0.05) is 31.6 Å². The molecule has 4 aliphatic rings. The summed E-state index contributed by atoms with van der Waals surface area (Å²) in [5, 5.41) is 0. The van der Waals surface area contributed by atoms with Gasteiger partial charge in [-0.15, -0.1) is 0 Å². The molecule has 0 radical (unpaired) electrons. The van der Waals surface area contributed by atoms with E-state index in [2.05, 4.69) is 13.0 Å². The maximum atomic E-state index is 11.7. The first-order chi connectivity index (χ1) is 14.7. The topological polar surface area (TPSA) is 78.9 Å². The number of fused-ring (bicyclic) bond motifs is 5. The van der Waals surface area contributed by atoms with E-state index < -0.39 is 0 Å². The van der Waals surface area contributed by atoms with Crippen LogP contribution in [0.3, 0.4) is 0 Å². The Balaban J connectivity index is 1.63. The third kappa shape index (κ3) is 3.91. The Morgan fingerprint density at radius 2 is 1.65 bits per heavy atom. The van der Waals surface area contributed by atoms with Crippen molar-refractivity contribution < 1.29 is 28.6 Å². The fraction of sp³-hybridized carbons (Fsp3) is 0.800. The predicted octanol–water partition coefficient (Wildman–Crippen LogP) is 4.36. The smallest absolute Gasteiger partial charge is 0.303 e. The molecule has 0 aromatic heterocycles. The van der Waals surface area contributed by atoms with Gasteiger partial charge in [-0.05, 0) is 75.2 Å². The van der Waals surface area contributed by atoms with Crippen LogP contribution in [-0.4, -0.2) is 36.7 Å². The predicted molar refractivity (Wildman–Crippen MR) is 114 cm³/mol. The van der Waals surface area contributed by atoms with Crippen LogP contribution in [0.15, 0.2) is 11.6 Å². The van der Waals surface area contributed by atoms with Crippen molar-refractivity contribution in [1.29, 1.82) is 0 Å². The average Bonchev–Trinajstić information content (AvgIpc) is 3.01. The van der Waals surface area contributed by atoms with E-state index in [9.17, 15) is 14.4 Å². The quantitative estimate of drug-likeness (QED) is 0.373. The molecule has 4 rings (SSSR count). The van der Waals surface area contributed by atoms with Crippen LogP contribution in [0.4, 0.5) is 0 Å². The molecule has 0 unspecified atom stereocenters. The minimum Gasteiger partial charge on any atom is -0.465 e. The van der Waals surface area contributed by atoms with Crippen molar-refractivity contribution in [1.82, 2.24) is 0 Å². The van der Waals surface area contributed by atoms with Gasteiger partial charge in [-0.3, -0.25) is 14.4 Å². The second-order valence-electron chi connectivity index (χ2n) is 10.5. The number of carbonyl (C=O) groups is 3. The SMILES string of the molecule is CC(=O)OC[C@]12CC[C@H](OC(C)=O)C=C1CC[C@@H]1[C@@H]2CC[C@]2(C)[C@@H](OC(C)=O)CC[C@@H]12. The lowest BCUT2D eigenvalue weighted by molar-refractivity contribution is -0.160. The second kappa shape index (κ2) is 8.25. The normalized spacial score (nSPS) is 41.2. The van der Waals surface area contributed by atoms with Crippen molar-refractivity contribution in [2.75, 3.05) is 6.61 Å². The van der Waals surface area contributed by atoms with Crippen LogP contribution in [0.1, 0.15) is 79.1 Å². The molecule has 0 aromatic rings. The number of rotatable bonds is 4. The van der Waals surface area contributed by atoms with Crippen LogP contribution in [-0.2, 0) is 28.6 Å². The molecule has 0 bridgehead atoms. The molecule has 31 heavy (non-hydrogen) atoms. The second-order valence-corrected chi connectivity index (χ2v) is 10.5. The lowest BCUT2D eigenvalue weighted by Crippen LogP contribution is -2.54.